The first-order chi connectivity index (χ1) is 10.4. The van der Waals surface area contributed by atoms with Crippen LogP contribution in [-0.4, -0.2) is 47.8 Å². The third kappa shape index (κ3) is 6.16. The SMILES string of the molecule is CCOP(=O)(OCC)C(N(OC)C(C)(C)CC(=O)O)C(C)(C)C. The molecule has 1 unspecified atom stereocenters. The average Bonchev–Trinajstić information content (AvgIpc) is 2.32. The van der Waals surface area contributed by atoms with E-state index in [2.05, 4.69) is 0 Å². The smallest absolute Gasteiger partial charge is 0.350 e. The Morgan fingerprint density at radius 3 is 1.83 bits per heavy atom. The molecule has 0 saturated carbocycles. The van der Waals surface area contributed by atoms with E-state index < -0.39 is 30.3 Å². The lowest BCUT2D eigenvalue weighted by atomic mass is 9.92. The van der Waals surface area contributed by atoms with E-state index in [9.17, 15) is 14.5 Å². The van der Waals surface area contributed by atoms with Gasteiger partial charge in [0.25, 0.3) is 0 Å². The van der Waals surface area contributed by atoms with Crippen LogP contribution in [0.3, 0.4) is 0 Å². The molecule has 138 valence electrons. The number of hydrogen-bond donors (Lipinski definition) is 1. The van der Waals surface area contributed by atoms with Gasteiger partial charge in [0.1, 0.15) is 5.78 Å². The Hall–Kier alpha value is -0.460. The third-order valence-corrected chi connectivity index (χ3v) is 6.11. The molecule has 8 heteroatoms. The van der Waals surface area contributed by atoms with E-state index in [4.69, 9.17) is 13.9 Å². The number of carbonyl (C=O) groups is 1. The van der Waals surface area contributed by atoms with Crippen LogP contribution in [0, 0.1) is 5.41 Å². The van der Waals surface area contributed by atoms with Crippen LogP contribution in [0.2, 0.25) is 0 Å². The molecule has 0 spiro atoms. The summed E-state index contributed by atoms with van der Waals surface area (Å²) in [6, 6.07) is 0. The van der Waals surface area contributed by atoms with Crippen molar-refractivity contribution in [1.82, 2.24) is 5.06 Å². The summed E-state index contributed by atoms with van der Waals surface area (Å²) < 4.78 is 24.4. The fourth-order valence-electron chi connectivity index (χ4n) is 2.62. The Morgan fingerprint density at radius 1 is 1.13 bits per heavy atom. The molecule has 0 radical (unpaired) electrons. The van der Waals surface area contributed by atoms with E-state index in [0.29, 0.717) is 0 Å². The fraction of sp³-hybridized carbons (Fsp3) is 0.933. The number of rotatable bonds is 10. The quantitative estimate of drug-likeness (QED) is 0.473. The van der Waals surface area contributed by atoms with Crippen LogP contribution >= 0.6 is 7.60 Å². The molecular weight excluding hydrogens is 321 g/mol. The lowest BCUT2D eigenvalue weighted by Crippen LogP contribution is -2.54. The summed E-state index contributed by atoms with van der Waals surface area (Å²) in [6.45, 7) is 13.1. The first-order valence-electron chi connectivity index (χ1n) is 7.79. The maximum absolute atomic E-state index is 13.4. The Morgan fingerprint density at radius 2 is 1.57 bits per heavy atom. The van der Waals surface area contributed by atoms with Crippen LogP contribution < -0.4 is 0 Å². The van der Waals surface area contributed by atoms with Gasteiger partial charge in [0.05, 0.1) is 32.3 Å². The molecule has 0 saturated heterocycles. The van der Waals surface area contributed by atoms with E-state index in [1.165, 1.54) is 12.2 Å². The molecule has 7 nitrogen and oxygen atoms in total. The third-order valence-electron chi connectivity index (χ3n) is 3.29. The largest absolute Gasteiger partial charge is 0.481 e. The normalized spacial score (nSPS) is 15.0. The number of carboxylic acids is 1. The van der Waals surface area contributed by atoms with Gasteiger partial charge in [-0.1, -0.05) is 20.8 Å². The number of hydroxylamine groups is 2. The molecule has 0 aromatic rings. The van der Waals surface area contributed by atoms with Crippen molar-refractivity contribution in [2.24, 2.45) is 5.41 Å². The molecule has 0 aromatic heterocycles. The molecule has 0 aliphatic carbocycles. The second-order valence-corrected chi connectivity index (χ2v) is 9.09. The predicted molar refractivity (Wildman–Crippen MR) is 89.3 cm³/mol. The van der Waals surface area contributed by atoms with Gasteiger partial charge < -0.3 is 19.0 Å². The van der Waals surface area contributed by atoms with Crippen molar-refractivity contribution >= 4 is 13.6 Å². The zero-order chi connectivity index (χ0) is 18.5. The average molecular weight is 353 g/mol. The van der Waals surface area contributed by atoms with Crippen LogP contribution in [0.1, 0.15) is 54.9 Å². The highest BCUT2D eigenvalue weighted by atomic mass is 31.2. The molecular formula is C15H32NO6P. The molecule has 0 aliphatic heterocycles. The van der Waals surface area contributed by atoms with Crippen LogP contribution in [0.25, 0.3) is 0 Å². The zero-order valence-electron chi connectivity index (χ0n) is 15.6. The van der Waals surface area contributed by atoms with Gasteiger partial charge in [-0.05, 0) is 33.1 Å². The Labute approximate surface area is 139 Å². The predicted octanol–water partition coefficient (Wildman–Crippen LogP) is 3.74. The highest BCUT2D eigenvalue weighted by molar-refractivity contribution is 7.54. The molecule has 23 heavy (non-hydrogen) atoms. The van der Waals surface area contributed by atoms with Gasteiger partial charge in [0.15, 0.2) is 0 Å². The lowest BCUT2D eigenvalue weighted by Gasteiger charge is -2.47. The molecule has 0 rings (SSSR count). The number of nitrogens with zero attached hydrogens (tertiary/aromatic N) is 1. The summed E-state index contributed by atoms with van der Waals surface area (Å²) in [5, 5.41) is 10.6. The number of hydrogen-bond acceptors (Lipinski definition) is 6. The second-order valence-electron chi connectivity index (χ2n) is 7.01. The van der Waals surface area contributed by atoms with Crippen LogP contribution in [0.15, 0.2) is 0 Å². The van der Waals surface area contributed by atoms with Gasteiger partial charge in [-0.2, -0.15) is 5.06 Å². The molecule has 1 N–H and O–H groups in total. The van der Waals surface area contributed by atoms with Crippen molar-refractivity contribution < 1.29 is 28.4 Å². The maximum atomic E-state index is 13.4. The van der Waals surface area contributed by atoms with Crippen LogP contribution in [0.4, 0.5) is 0 Å². The van der Waals surface area contributed by atoms with E-state index in [-0.39, 0.29) is 19.6 Å². The van der Waals surface area contributed by atoms with Gasteiger partial charge in [-0.15, -0.1) is 0 Å². The Balaban J connectivity index is 6.03. The van der Waals surface area contributed by atoms with Crippen molar-refractivity contribution in [3.05, 3.63) is 0 Å². The highest BCUT2D eigenvalue weighted by Crippen LogP contribution is 2.60. The molecule has 0 heterocycles. The van der Waals surface area contributed by atoms with Gasteiger partial charge >= 0.3 is 13.6 Å². The molecule has 0 aromatic carbocycles. The highest BCUT2D eigenvalue weighted by Gasteiger charge is 2.52. The van der Waals surface area contributed by atoms with Crippen molar-refractivity contribution in [2.75, 3.05) is 20.3 Å². The van der Waals surface area contributed by atoms with Gasteiger partial charge in [0.2, 0.25) is 0 Å². The summed E-state index contributed by atoms with van der Waals surface area (Å²) in [5.41, 5.74) is -1.44. The lowest BCUT2D eigenvalue weighted by molar-refractivity contribution is -0.225. The van der Waals surface area contributed by atoms with Crippen molar-refractivity contribution in [3.8, 4) is 0 Å². The molecule has 0 amide bonds. The fourth-order valence-corrected chi connectivity index (χ4v) is 5.31. The summed E-state index contributed by atoms with van der Waals surface area (Å²) in [5.74, 6) is -1.72. The van der Waals surface area contributed by atoms with Gasteiger partial charge in [-0.25, -0.2) is 0 Å². The molecule has 0 aliphatic rings. The first kappa shape index (κ1) is 22.5. The van der Waals surface area contributed by atoms with Crippen molar-refractivity contribution in [3.63, 3.8) is 0 Å². The van der Waals surface area contributed by atoms with E-state index >= 15 is 0 Å². The minimum atomic E-state index is -3.56. The molecule has 0 fully saturated rings. The van der Waals surface area contributed by atoms with Crippen molar-refractivity contribution in [2.45, 2.75) is 66.2 Å². The maximum Gasteiger partial charge on any atom is 0.350 e. The minimum absolute atomic E-state index is 0.175. The summed E-state index contributed by atoms with van der Waals surface area (Å²) in [7, 11) is -2.12. The van der Waals surface area contributed by atoms with Gasteiger partial charge in [-0.3, -0.25) is 9.36 Å². The number of aliphatic carboxylic acids is 1. The van der Waals surface area contributed by atoms with Gasteiger partial charge in [0, 0.05) is 0 Å². The monoisotopic (exact) mass is 353 g/mol. The number of carboxylic acid groups (broad SMARTS) is 1. The minimum Gasteiger partial charge on any atom is -0.481 e. The van der Waals surface area contributed by atoms with Crippen molar-refractivity contribution in [1.29, 1.82) is 0 Å². The zero-order valence-corrected chi connectivity index (χ0v) is 16.5. The molecule has 0 bridgehead atoms. The summed E-state index contributed by atoms with van der Waals surface area (Å²) in [4.78, 5) is 16.7. The summed E-state index contributed by atoms with van der Waals surface area (Å²) in [6.07, 6.45) is -0.175. The van der Waals surface area contributed by atoms with E-state index in [0.717, 1.165) is 0 Å². The van der Waals surface area contributed by atoms with E-state index in [1.54, 1.807) is 27.7 Å². The Kier molecular flexibility index (Phi) is 8.41. The van der Waals surface area contributed by atoms with Crippen LogP contribution in [-0.2, 0) is 23.2 Å². The molecule has 1 atom stereocenters. The van der Waals surface area contributed by atoms with E-state index in [1.807, 2.05) is 20.8 Å². The topological polar surface area (TPSA) is 85.3 Å². The second kappa shape index (κ2) is 8.58. The Bertz CT molecular complexity index is 422. The standard InChI is InChI=1S/C15H32NO6P/c1-9-21-23(19,22-10-2)13(14(3,4)5)16(20-8)15(6,7)11-12(17)18/h13H,9-11H2,1-8H3,(H,17,18). The summed E-state index contributed by atoms with van der Waals surface area (Å²) >= 11 is 0. The first-order valence-corrected chi connectivity index (χ1v) is 9.41. The van der Waals surface area contributed by atoms with Crippen LogP contribution in [0.5, 0.6) is 0 Å².